The third-order valence-electron chi connectivity index (χ3n) is 5.99. The van der Waals surface area contributed by atoms with Crippen LogP contribution in [0.15, 0.2) is 91.3 Å². The van der Waals surface area contributed by atoms with Gasteiger partial charge in [0, 0.05) is 18.0 Å². The average Bonchev–Trinajstić information content (AvgIpc) is 3.48. The number of hydrogen-bond acceptors (Lipinski definition) is 5. The summed E-state index contributed by atoms with van der Waals surface area (Å²) in [4.78, 5) is 11.3. The summed E-state index contributed by atoms with van der Waals surface area (Å²) >= 11 is 0. The van der Waals surface area contributed by atoms with Crippen LogP contribution in [0.5, 0.6) is 11.5 Å². The molecule has 0 radical (unpaired) electrons. The van der Waals surface area contributed by atoms with Crippen molar-refractivity contribution in [3.05, 3.63) is 119 Å². The molecule has 9 heteroatoms. The van der Waals surface area contributed by atoms with E-state index in [9.17, 15) is 18.0 Å². The number of halogens is 3. The third kappa shape index (κ3) is 8.26. The summed E-state index contributed by atoms with van der Waals surface area (Å²) in [6.07, 6.45) is 0.770. The van der Waals surface area contributed by atoms with Gasteiger partial charge in [0.25, 0.3) is 0 Å². The molecule has 0 bridgehead atoms. The van der Waals surface area contributed by atoms with Gasteiger partial charge in [-0.15, -0.1) is 0 Å². The molecule has 0 fully saturated rings. The van der Waals surface area contributed by atoms with Crippen molar-refractivity contribution in [2.45, 2.75) is 19.6 Å². The Labute approximate surface area is 236 Å². The number of hydrogen-bond donors (Lipinski definition) is 0. The lowest BCUT2D eigenvalue weighted by molar-refractivity contribution is -0.143. The SMILES string of the molecule is COC(=O)COc1ccc(OCC=C(c2ccc(C#CCn3cccn3)cc2)c2cccc(C(F)(F)F)c2)cc1C. The van der Waals surface area contributed by atoms with Crippen LogP contribution in [-0.2, 0) is 22.3 Å². The summed E-state index contributed by atoms with van der Waals surface area (Å²) in [5, 5.41) is 4.11. The van der Waals surface area contributed by atoms with E-state index >= 15 is 0 Å². The molecule has 4 aromatic rings. The Hall–Kier alpha value is -4.97. The molecule has 3 aromatic carbocycles. The van der Waals surface area contributed by atoms with Gasteiger partial charge in [0.15, 0.2) is 6.61 Å². The van der Waals surface area contributed by atoms with Crippen LogP contribution < -0.4 is 9.47 Å². The Bertz CT molecular complexity index is 1570. The molecule has 0 aliphatic carbocycles. The molecule has 41 heavy (non-hydrogen) atoms. The Morgan fingerprint density at radius 2 is 1.80 bits per heavy atom. The first-order chi connectivity index (χ1) is 19.7. The van der Waals surface area contributed by atoms with Gasteiger partial charge in [0.2, 0.25) is 0 Å². The second kappa shape index (κ2) is 13.4. The van der Waals surface area contributed by atoms with Gasteiger partial charge in [-0.2, -0.15) is 18.3 Å². The number of carbonyl (C=O) groups excluding carboxylic acids is 1. The lowest BCUT2D eigenvalue weighted by Gasteiger charge is -2.14. The summed E-state index contributed by atoms with van der Waals surface area (Å²) < 4.78 is 58.0. The highest BCUT2D eigenvalue weighted by atomic mass is 19.4. The smallest absolute Gasteiger partial charge is 0.416 e. The molecule has 0 spiro atoms. The van der Waals surface area contributed by atoms with Crippen molar-refractivity contribution in [1.29, 1.82) is 0 Å². The van der Waals surface area contributed by atoms with Gasteiger partial charge in [-0.3, -0.25) is 4.68 Å². The number of alkyl halides is 3. The molecule has 210 valence electrons. The lowest BCUT2D eigenvalue weighted by Crippen LogP contribution is -2.13. The molecule has 0 atom stereocenters. The van der Waals surface area contributed by atoms with E-state index in [2.05, 4.69) is 21.7 Å². The molecule has 6 nitrogen and oxygen atoms in total. The Kier molecular flexibility index (Phi) is 9.48. The molecule has 0 aliphatic heterocycles. The van der Waals surface area contributed by atoms with Crippen LogP contribution in [0.3, 0.4) is 0 Å². The van der Waals surface area contributed by atoms with Gasteiger partial charge in [-0.25, -0.2) is 4.79 Å². The maximum atomic E-state index is 13.5. The summed E-state index contributed by atoms with van der Waals surface area (Å²) in [7, 11) is 1.28. The minimum atomic E-state index is -4.47. The predicted octanol–water partition coefficient (Wildman–Crippen LogP) is 6.32. The summed E-state index contributed by atoms with van der Waals surface area (Å²) in [6, 6.07) is 19.4. The van der Waals surface area contributed by atoms with Gasteiger partial charge >= 0.3 is 12.1 Å². The van der Waals surface area contributed by atoms with Crippen molar-refractivity contribution in [1.82, 2.24) is 9.78 Å². The van der Waals surface area contributed by atoms with Crippen molar-refractivity contribution in [3.8, 4) is 23.3 Å². The number of aryl methyl sites for hydroxylation is 1. The van der Waals surface area contributed by atoms with Crippen LogP contribution in [0.2, 0.25) is 0 Å². The zero-order valence-corrected chi connectivity index (χ0v) is 22.4. The molecule has 0 aliphatic rings. The molecule has 0 saturated heterocycles. The minimum absolute atomic E-state index is 0.0960. The van der Waals surface area contributed by atoms with E-state index in [1.807, 2.05) is 43.5 Å². The third-order valence-corrected chi connectivity index (χ3v) is 5.99. The Morgan fingerprint density at radius 3 is 2.49 bits per heavy atom. The monoisotopic (exact) mass is 560 g/mol. The molecular formula is C32H27F3N2O4. The number of carbonyl (C=O) groups is 1. The number of rotatable bonds is 9. The first-order valence-electron chi connectivity index (χ1n) is 12.6. The van der Waals surface area contributed by atoms with Crippen LogP contribution in [0.4, 0.5) is 13.2 Å². The molecule has 1 heterocycles. The Balaban J connectivity index is 1.54. The van der Waals surface area contributed by atoms with Crippen molar-refractivity contribution in [3.63, 3.8) is 0 Å². The van der Waals surface area contributed by atoms with Crippen LogP contribution in [-0.4, -0.2) is 36.1 Å². The first kappa shape index (κ1) is 29.0. The molecular weight excluding hydrogens is 533 g/mol. The van der Waals surface area contributed by atoms with Gasteiger partial charge in [-0.1, -0.05) is 36.1 Å². The van der Waals surface area contributed by atoms with Gasteiger partial charge < -0.3 is 14.2 Å². The van der Waals surface area contributed by atoms with Crippen molar-refractivity contribution in [2.24, 2.45) is 0 Å². The average molecular weight is 561 g/mol. The zero-order chi connectivity index (χ0) is 29.2. The maximum absolute atomic E-state index is 13.5. The van der Waals surface area contributed by atoms with Gasteiger partial charge in [0.05, 0.1) is 12.7 Å². The fraction of sp³-hybridized carbons (Fsp3) is 0.188. The molecule has 0 unspecified atom stereocenters. The highest BCUT2D eigenvalue weighted by molar-refractivity contribution is 5.80. The van der Waals surface area contributed by atoms with Gasteiger partial charge in [0.1, 0.15) is 24.7 Å². The largest absolute Gasteiger partial charge is 0.489 e. The quantitative estimate of drug-likeness (QED) is 0.177. The maximum Gasteiger partial charge on any atom is 0.416 e. The fourth-order valence-corrected chi connectivity index (χ4v) is 3.91. The zero-order valence-electron chi connectivity index (χ0n) is 22.4. The van der Waals surface area contributed by atoms with E-state index in [4.69, 9.17) is 9.47 Å². The summed E-state index contributed by atoms with van der Waals surface area (Å²) in [6.45, 7) is 2.14. The number of aromatic nitrogens is 2. The van der Waals surface area contributed by atoms with Crippen LogP contribution in [0, 0.1) is 18.8 Å². The molecule has 1 aromatic heterocycles. The second-order valence-corrected chi connectivity index (χ2v) is 8.88. The van der Waals surface area contributed by atoms with Crippen LogP contribution in [0.25, 0.3) is 5.57 Å². The number of esters is 1. The summed E-state index contributed by atoms with van der Waals surface area (Å²) in [5.41, 5.74) is 2.49. The molecule has 4 rings (SSSR count). The highest BCUT2D eigenvalue weighted by Crippen LogP contribution is 2.33. The van der Waals surface area contributed by atoms with Crippen molar-refractivity contribution >= 4 is 11.5 Å². The minimum Gasteiger partial charge on any atom is -0.489 e. The van der Waals surface area contributed by atoms with E-state index in [0.717, 1.165) is 23.3 Å². The van der Waals surface area contributed by atoms with E-state index in [0.29, 0.717) is 34.7 Å². The topological polar surface area (TPSA) is 62.6 Å². The van der Waals surface area contributed by atoms with E-state index < -0.39 is 17.7 Å². The van der Waals surface area contributed by atoms with Crippen molar-refractivity contribution < 1.29 is 32.2 Å². The first-order valence-corrected chi connectivity index (χ1v) is 12.6. The van der Waals surface area contributed by atoms with E-state index in [-0.39, 0.29) is 13.2 Å². The molecule has 0 amide bonds. The van der Waals surface area contributed by atoms with Crippen LogP contribution in [0.1, 0.15) is 27.8 Å². The summed E-state index contributed by atoms with van der Waals surface area (Å²) in [5.74, 6) is 6.67. The van der Waals surface area contributed by atoms with E-state index in [1.165, 1.54) is 13.2 Å². The standard InChI is InChI=1S/C32H27F3N2O4/c1-23-20-28(13-14-30(23)41-22-31(38)39-2)40-19-15-29(26-7-3-8-27(21-26)32(33,34)35)25-11-9-24(10-12-25)6-4-17-37-18-5-16-36-37/h3,5,7-16,18,20-21H,17,19,22H2,1-2H3. The van der Waals surface area contributed by atoms with Gasteiger partial charge in [-0.05, 0) is 83.8 Å². The number of ether oxygens (including phenoxy) is 3. The molecule has 0 N–H and O–H groups in total. The Morgan fingerprint density at radius 1 is 1.00 bits per heavy atom. The molecule has 0 saturated carbocycles. The fourth-order valence-electron chi connectivity index (χ4n) is 3.91. The normalized spacial score (nSPS) is 11.4. The number of methoxy groups -OCH3 is 1. The predicted molar refractivity (Wildman–Crippen MR) is 148 cm³/mol. The van der Waals surface area contributed by atoms with Crippen molar-refractivity contribution in [2.75, 3.05) is 20.3 Å². The number of benzene rings is 3. The van der Waals surface area contributed by atoms with E-state index in [1.54, 1.807) is 41.2 Å². The number of nitrogens with zero attached hydrogens (tertiary/aromatic N) is 2. The lowest BCUT2D eigenvalue weighted by atomic mass is 9.95. The second-order valence-electron chi connectivity index (χ2n) is 8.88. The highest BCUT2D eigenvalue weighted by Gasteiger charge is 2.30. The van der Waals surface area contributed by atoms with Crippen LogP contribution >= 0.6 is 0 Å².